The molecule has 3 rings (SSSR count). The molecule has 0 unspecified atom stereocenters. The Kier molecular flexibility index (Phi) is 4.46. The predicted octanol–water partition coefficient (Wildman–Crippen LogP) is 3.55. The van der Waals surface area contributed by atoms with Crippen LogP contribution in [0.3, 0.4) is 0 Å². The fraction of sp³-hybridized carbons (Fsp3) is 0.412. The van der Waals surface area contributed by atoms with E-state index >= 15 is 0 Å². The summed E-state index contributed by atoms with van der Waals surface area (Å²) in [7, 11) is 0. The number of carbonyl (C=O) groups is 1. The van der Waals surface area contributed by atoms with Crippen LogP contribution in [0.1, 0.15) is 33.6 Å². The van der Waals surface area contributed by atoms with Crippen molar-refractivity contribution in [1.29, 1.82) is 0 Å². The van der Waals surface area contributed by atoms with Crippen molar-refractivity contribution < 1.29 is 4.79 Å². The summed E-state index contributed by atoms with van der Waals surface area (Å²) in [6.07, 6.45) is 5.82. The minimum Gasteiger partial charge on any atom is -0.298 e. The Morgan fingerprint density at radius 2 is 2.38 bits per heavy atom. The van der Waals surface area contributed by atoms with Crippen LogP contribution in [0.5, 0.6) is 0 Å². The first-order valence-corrected chi connectivity index (χ1v) is 8.31. The lowest BCUT2D eigenvalue weighted by molar-refractivity contribution is 0.0815. The highest BCUT2D eigenvalue weighted by atomic mass is 32.1. The molecular weight excluding hydrogens is 280 g/mol. The summed E-state index contributed by atoms with van der Waals surface area (Å²) in [5, 5.41) is 2.01. The van der Waals surface area contributed by atoms with Crippen molar-refractivity contribution in [2.45, 2.75) is 26.3 Å². The Morgan fingerprint density at radius 1 is 1.48 bits per heavy atom. The smallest absolute Gasteiger partial charge is 0.177 e. The van der Waals surface area contributed by atoms with Gasteiger partial charge < -0.3 is 0 Å². The molecule has 3 heterocycles. The average Bonchev–Trinajstić information content (AvgIpc) is 2.94. The number of Topliss-reactive ketones (excluding diaryl/α,β-unsaturated/α-hetero) is 1. The highest BCUT2D eigenvalue weighted by Crippen LogP contribution is 2.26. The molecule has 2 aromatic rings. The van der Waals surface area contributed by atoms with Crippen LogP contribution >= 0.6 is 11.3 Å². The summed E-state index contributed by atoms with van der Waals surface area (Å²) < 4.78 is 0. The van der Waals surface area contributed by atoms with Crippen LogP contribution < -0.4 is 0 Å². The molecule has 4 heteroatoms. The van der Waals surface area contributed by atoms with E-state index in [0.717, 1.165) is 42.9 Å². The Bertz CT molecular complexity index is 608. The monoisotopic (exact) mass is 300 g/mol. The Balaban J connectivity index is 1.66. The zero-order chi connectivity index (χ0) is 14.7. The van der Waals surface area contributed by atoms with E-state index in [-0.39, 0.29) is 5.92 Å². The number of aryl methyl sites for hydroxylation is 1. The maximum atomic E-state index is 12.7. The van der Waals surface area contributed by atoms with E-state index in [4.69, 9.17) is 0 Å². The number of carbonyl (C=O) groups excluding carboxylic acids is 1. The molecule has 1 aliphatic heterocycles. The maximum Gasteiger partial charge on any atom is 0.177 e. The van der Waals surface area contributed by atoms with E-state index in [1.165, 1.54) is 5.56 Å². The molecular formula is C17H20N2OS. The first-order chi connectivity index (χ1) is 10.2. The minimum atomic E-state index is 0.146. The van der Waals surface area contributed by atoms with Gasteiger partial charge in [-0.05, 0) is 54.9 Å². The molecule has 3 nitrogen and oxygen atoms in total. The third kappa shape index (κ3) is 3.39. The van der Waals surface area contributed by atoms with Crippen molar-refractivity contribution in [3.8, 4) is 0 Å². The number of rotatable bonds is 4. The first-order valence-electron chi connectivity index (χ1n) is 7.43. The van der Waals surface area contributed by atoms with Crippen LogP contribution in [-0.4, -0.2) is 28.8 Å². The molecule has 0 N–H and O–H groups in total. The molecule has 1 atom stereocenters. The van der Waals surface area contributed by atoms with E-state index in [1.54, 1.807) is 17.5 Å². The van der Waals surface area contributed by atoms with Crippen molar-refractivity contribution in [3.05, 3.63) is 52.0 Å². The van der Waals surface area contributed by atoms with Gasteiger partial charge in [-0.3, -0.25) is 14.7 Å². The number of hydrogen-bond acceptors (Lipinski definition) is 4. The number of hydrogen-bond donors (Lipinski definition) is 0. The topological polar surface area (TPSA) is 33.2 Å². The Hall–Kier alpha value is -1.52. The number of thiophene rings is 1. The molecule has 0 saturated carbocycles. The number of aromatic nitrogens is 1. The SMILES string of the molecule is Cc1ccsc1C(=O)[C@@H]1CCCN(Cc2cccnc2)C1. The second-order valence-electron chi connectivity index (χ2n) is 5.73. The number of ketones is 1. The van der Waals surface area contributed by atoms with Crippen LogP contribution in [0.2, 0.25) is 0 Å². The fourth-order valence-corrected chi connectivity index (χ4v) is 3.92. The normalized spacial score (nSPS) is 19.6. The van der Waals surface area contributed by atoms with Crippen molar-refractivity contribution >= 4 is 17.1 Å². The molecule has 2 aromatic heterocycles. The molecule has 0 radical (unpaired) electrons. The predicted molar refractivity (Wildman–Crippen MR) is 85.6 cm³/mol. The van der Waals surface area contributed by atoms with Crippen molar-refractivity contribution in [3.63, 3.8) is 0 Å². The fourth-order valence-electron chi connectivity index (χ4n) is 2.97. The highest BCUT2D eigenvalue weighted by Gasteiger charge is 2.27. The van der Waals surface area contributed by atoms with Gasteiger partial charge in [0.25, 0.3) is 0 Å². The van der Waals surface area contributed by atoms with Gasteiger partial charge in [-0.2, -0.15) is 0 Å². The van der Waals surface area contributed by atoms with Crippen molar-refractivity contribution in [2.24, 2.45) is 5.92 Å². The summed E-state index contributed by atoms with van der Waals surface area (Å²) in [5.41, 5.74) is 2.34. The van der Waals surface area contributed by atoms with Gasteiger partial charge in [-0.25, -0.2) is 0 Å². The molecule has 1 aliphatic rings. The highest BCUT2D eigenvalue weighted by molar-refractivity contribution is 7.12. The molecule has 21 heavy (non-hydrogen) atoms. The molecule has 0 aliphatic carbocycles. The third-order valence-corrected chi connectivity index (χ3v) is 5.12. The summed E-state index contributed by atoms with van der Waals surface area (Å²) in [5.74, 6) is 0.478. The lowest BCUT2D eigenvalue weighted by Gasteiger charge is -2.31. The standard InChI is InChI=1S/C17H20N2OS/c1-13-6-9-21-17(13)16(20)15-5-3-8-19(12-15)11-14-4-2-7-18-10-14/h2,4,6-7,9-10,15H,3,5,8,11-12H2,1H3/t15-/m1/s1. The van der Waals surface area contributed by atoms with Crippen LogP contribution in [0.15, 0.2) is 36.0 Å². The lowest BCUT2D eigenvalue weighted by Crippen LogP contribution is -2.38. The minimum absolute atomic E-state index is 0.146. The third-order valence-electron chi connectivity index (χ3n) is 4.09. The summed E-state index contributed by atoms with van der Waals surface area (Å²) in [6, 6.07) is 6.10. The molecule has 0 aromatic carbocycles. The van der Waals surface area contributed by atoms with Gasteiger partial charge in [0.2, 0.25) is 0 Å². The van der Waals surface area contributed by atoms with Crippen LogP contribution in [-0.2, 0) is 6.54 Å². The van der Waals surface area contributed by atoms with Gasteiger partial charge in [-0.1, -0.05) is 6.07 Å². The average molecular weight is 300 g/mol. The molecule has 0 amide bonds. The van der Waals surface area contributed by atoms with E-state index in [1.807, 2.05) is 30.6 Å². The number of nitrogens with zero attached hydrogens (tertiary/aromatic N) is 2. The summed E-state index contributed by atoms with van der Waals surface area (Å²) in [4.78, 5) is 20.1. The summed E-state index contributed by atoms with van der Waals surface area (Å²) >= 11 is 1.58. The Labute approximate surface area is 129 Å². The lowest BCUT2D eigenvalue weighted by atomic mass is 9.92. The molecule has 0 bridgehead atoms. The van der Waals surface area contributed by atoms with Crippen LogP contribution in [0.4, 0.5) is 0 Å². The van der Waals surface area contributed by atoms with Gasteiger partial charge in [-0.15, -0.1) is 11.3 Å². The molecule has 110 valence electrons. The molecule has 0 spiro atoms. The van der Waals surface area contributed by atoms with E-state index in [9.17, 15) is 4.79 Å². The number of likely N-dealkylation sites (tertiary alicyclic amines) is 1. The largest absolute Gasteiger partial charge is 0.298 e. The quantitative estimate of drug-likeness (QED) is 0.810. The van der Waals surface area contributed by atoms with E-state index < -0.39 is 0 Å². The van der Waals surface area contributed by atoms with E-state index in [0.29, 0.717) is 5.78 Å². The maximum absolute atomic E-state index is 12.7. The van der Waals surface area contributed by atoms with Crippen LogP contribution in [0.25, 0.3) is 0 Å². The van der Waals surface area contributed by atoms with Gasteiger partial charge in [0.15, 0.2) is 5.78 Å². The Morgan fingerprint density at radius 3 is 3.10 bits per heavy atom. The van der Waals surface area contributed by atoms with Crippen LogP contribution in [0, 0.1) is 12.8 Å². The number of piperidine rings is 1. The van der Waals surface area contributed by atoms with E-state index in [2.05, 4.69) is 16.0 Å². The molecule has 1 fully saturated rings. The second-order valence-corrected chi connectivity index (χ2v) is 6.65. The van der Waals surface area contributed by atoms with Gasteiger partial charge in [0.1, 0.15) is 0 Å². The van der Waals surface area contributed by atoms with Crippen molar-refractivity contribution in [2.75, 3.05) is 13.1 Å². The van der Waals surface area contributed by atoms with Gasteiger partial charge in [0.05, 0.1) is 4.88 Å². The summed E-state index contributed by atoms with van der Waals surface area (Å²) in [6.45, 7) is 4.86. The zero-order valence-corrected chi connectivity index (χ0v) is 13.1. The number of pyridine rings is 1. The second kappa shape index (κ2) is 6.50. The zero-order valence-electron chi connectivity index (χ0n) is 12.3. The van der Waals surface area contributed by atoms with Gasteiger partial charge >= 0.3 is 0 Å². The van der Waals surface area contributed by atoms with Crippen molar-refractivity contribution in [1.82, 2.24) is 9.88 Å². The van der Waals surface area contributed by atoms with Gasteiger partial charge in [0, 0.05) is 31.4 Å². The first kappa shape index (κ1) is 14.4. The molecule has 1 saturated heterocycles.